The Labute approximate surface area is 91.6 Å². The zero-order valence-electron chi connectivity index (χ0n) is 8.46. The van der Waals surface area contributed by atoms with Crippen LogP contribution in [0.3, 0.4) is 0 Å². The molecule has 0 spiro atoms. The van der Waals surface area contributed by atoms with Crippen LogP contribution >= 0.6 is 15.9 Å². The lowest BCUT2D eigenvalue weighted by Gasteiger charge is -2.18. The Balaban J connectivity index is 2.33. The summed E-state index contributed by atoms with van der Waals surface area (Å²) in [6.45, 7) is 5.68. The summed E-state index contributed by atoms with van der Waals surface area (Å²) >= 11 is 3.29. The van der Waals surface area contributed by atoms with E-state index in [-0.39, 0.29) is 11.9 Å². The molecule has 0 N–H and O–H groups in total. The fourth-order valence-corrected chi connectivity index (χ4v) is 2.70. The minimum atomic E-state index is -0.640. The molecule has 0 aromatic heterocycles. The Bertz CT molecular complexity index is 319. The number of carbonyl (C=O) groups excluding carboxylic acids is 1. The van der Waals surface area contributed by atoms with E-state index in [1.165, 1.54) is 0 Å². The molecule has 1 aliphatic heterocycles. The molecule has 0 unspecified atom stereocenters. The van der Waals surface area contributed by atoms with Gasteiger partial charge in [0.2, 0.25) is 5.78 Å². The number of halogens is 1. The summed E-state index contributed by atoms with van der Waals surface area (Å²) in [7, 11) is 0. The van der Waals surface area contributed by atoms with Crippen molar-refractivity contribution >= 4 is 21.7 Å². The van der Waals surface area contributed by atoms with Gasteiger partial charge < -0.3 is 9.47 Å². The highest BCUT2D eigenvalue weighted by molar-refractivity contribution is 9.12. The first-order valence-corrected chi connectivity index (χ1v) is 5.54. The molecule has 0 aromatic carbocycles. The Morgan fingerprint density at radius 2 is 1.93 bits per heavy atom. The van der Waals surface area contributed by atoms with Gasteiger partial charge in [0.1, 0.15) is 6.10 Å². The van der Waals surface area contributed by atoms with E-state index in [1.54, 1.807) is 0 Å². The fraction of sp³-hybridized carbons (Fsp3) is 0.700. The Hall–Kier alpha value is -0.190. The molecule has 78 valence electrons. The van der Waals surface area contributed by atoms with E-state index in [9.17, 15) is 4.79 Å². The van der Waals surface area contributed by atoms with E-state index in [1.807, 2.05) is 20.8 Å². The molecule has 0 saturated carbocycles. The summed E-state index contributed by atoms with van der Waals surface area (Å²) in [4.78, 5) is 11.7. The molecule has 1 aliphatic carbocycles. The van der Waals surface area contributed by atoms with Crippen LogP contribution in [-0.4, -0.2) is 23.8 Å². The Morgan fingerprint density at radius 1 is 1.36 bits per heavy atom. The van der Waals surface area contributed by atoms with Gasteiger partial charge in [-0.25, -0.2) is 0 Å². The topological polar surface area (TPSA) is 35.5 Å². The molecular weight excluding hydrogens is 248 g/mol. The van der Waals surface area contributed by atoms with Crippen molar-refractivity contribution in [1.29, 1.82) is 0 Å². The van der Waals surface area contributed by atoms with Crippen LogP contribution in [-0.2, 0) is 14.3 Å². The number of carbonyl (C=O) groups is 1. The lowest BCUT2D eigenvalue weighted by atomic mass is 10.1. The van der Waals surface area contributed by atoms with E-state index >= 15 is 0 Å². The molecular formula is C10H13BrO3. The third-order valence-electron chi connectivity index (χ3n) is 2.58. The van der Waals surface area contributed by atoms with Gasteiger partial charge in [-0.05, 0) is 41.8 Å². The largest absolute Gasteiger partial charge is 0.340 e. The molecule has 0 aromatic rings. The average Bonchev–Trinajstić information content (AvgIpc) is 2.50. The fourth-order valence-electron chi connectivity index (χ4n) is 1.97. The molecule has 3 nitrogen and oxygen atoms in total. The zero-order chi connectivity index (χ0) is 10.5. The van der Waals surface area contributed by atoms with Crippen molar-refractivity contribution in [1.82, 2.24) is 0 Å². The van der Waals surface area contributed by atoms with Crippen molar-refractivity contribution in [3.63, 3.8) is 0 Å². The van der Waals surface area contributed by atoms with Gasteiger partial charge in [-0.3, -0.25) is 4.79 Å². The molecule has 1 saturated heterocycles. The molecule has 14 heavy (non-hydrogen) atoms. The maximum absolute atomic E-state index is 11.7. The minimum absolute atomic E-state index is 0.0115. The first-order chi connectivity index (χ1) is 6.46. The summed E-state index contributed by atoms with van der Waals surface area (Å²) in [5.74, 6) is -0.628. The van der Waals surface area contributed by atoms with Gasteiger partial charge in [0.25, 0.3) is 0 Å². The lowest BCUT2D eigenvalue weighted by Crippen LogP contribution is -2.26. The van der Waals surface area contributed by atoms with Crippen molar-refractivity contribution in [3.8, 4) is 0 Å². The van der Waals surface area contributed by atoms with E-state index in [0.29, 0.717) is 4.48 Å². The van der Waals surface area contributed by atoms with Crippen molar-refractivity contribution in [3.05, 3.63) is 10.1 Å². The minimum Gasteiger partial charge on any atom is -0.340 e. The zero-order valence-corrected chi connectivity index (χ0v) is 10.1. The third-order valence-corrected chi connectivity index (χ3v) is 3.48. The van der Waals surface area contributed by atoms with Crippen LogP contribution in [0, 0.1) is 0 Å². The molecule has 1 fully saturated rings. The molecule has 0 bridgehead atoms. The van der Waals surface area contributed by atoms with Crippen LogP contribution < -0.4 is 0 Å². The highest BCUT2D eigenvalue weighted by atomic mass is 79.9. The number of hydrogen-bond acceptors (Lipinski definition) is 3. The van der Waals surface area contributed by atoms with Crippen LogP contribution in [0.25, 0.3) is 0 Å². The van der Waals surface area contributed by atoms with E-state index in [2.05, 4.69) is 15.9 Å². The summed E-state index contributed by atoms with van der Waals surface area (Å²) < 4.78 is 11.9. The van der Waals surface area contributed by atoms with Gasteiger partial charge in [0, 0.05) is 0 Å². The Kier molecular flexibility index (Phi) is 2.33. The standard InChI is InChI=1S/C10H13BrO3/c1-4-5-6(11)7(12)9-8(5)13-10(2,3)14-9/h8-9H,4H2,1-3H3/t8-,9+/m1/s1. The highest BCUT2D eigenvalue weighted by Gasteiger charge is 2.51. The monoisotopic (exact) mass is 260 g/mol. The average molecular weight is 261 g/mol. The number of rotatable bonds is 1. The second-order valence-electron chi connectivity index (χ2n) is 4.03. The van der Waals surface area contributed by atoms with E-state index in [4.69, 9.17) is 9.47 Å². The van der Waals surface area contributed by atoms with Gasteiger partial charge in [0.15, 0.2) is 11.9 Å². The van der Waals surface area contributed by atoms with Crippen LogP contribution in [0.2, 0.25) is 0 Å². The number of ketones is 1. The van der Waals surface area contributed by atoms with Crippen molar-refractivity contribution in [2.45, 2.75) is 45.2 Å². The maximum atomic E-state index is 11.7. The number of ether oxygens (including phenoxy) is 2. The molecule has 0 amide bonds. The first-order valence-electron chi connectivity index (χ1n) is 4.74. The summed E-state index contributed by atoms with van der Waals surface area (Å²) in [6.07, 6.45) is 0.193. The predicted octanol–water partition coefficient (Wildman–Crippen LogP) is 2.15. The van der Waals surface area contributed by atoms with Crippen LogP contribution in [0.1, 0.15) is 27.2 Å². The molecule has 0 radical (unpaired) electrons. The first kappa shape index (κ1) is 10.3. The third kappa shape index (κ3) is 1.36. The van der Waals surface area contributed by atoms with Crippen molar-refractivity contribution in [2.75, 3.05) is 0 Å². The summed E-state index contributed by atoms with van der Waals surface area (Å²) in [5.41, 5.74) is 1.02. The molecule has 2 aliphatic rings. The van der Waals surface area contributed by atoms with Crippen molar-refractivity contribution < 1.29 is 14.3 Å². The van der Waals surface area contributed by atoms with E-state index in [0.717, 1.165) is 12.0 Å². The van der Waals surface area contributed by atoms with Crippen LogP contribution in [0.15, 0.2) is 10.1 Å². The van der Waals surface area contributed by atoms with Crippen LogP contribution in [0.5, 0.6) is 0 Å². The molecule has 4 heteroatoms. The quantitative estimate of drug-likeness (QED) is 0.725. The van der Waals surface area contributed by atoms with Gasteiger partial charge >= 0.3 is 0 Å². The normalized spacial score (nSPS) is 35.3. The molecule has 2 rings (SSSR count). The second kappa shape index (κ2) is 3.15. The van der Waals surface area contributed by atoms with Gasteiger partial charge in [0.05, 0.1) is 4.48 Å². The summed E-state index contributed by atoms with van der Waals surface area (Å²) in [5, 5.41) is 0. The SMILES string of the molecule is CCC1=C(Br)C(=O)[C@@H]2OC(C)(C)O[C@H]12. The van der Waals surface area contributed by atoms with Crippen molar-refractivity contribution in [2.24, 2.45) is 0 Å². The highest BCUT2D eigenvalue weighted by Crippen LogP contribution is 2.42. The van der Waals surface area contributed by atoms with Gasteiger partial charge in [-0.15, -0.1) is 0 Å². The van der Waals surface area contributed by atoms with E-state index < -0.39 is 11.9 Å². The molecule has 2 atom stereocenters. The van der Waals surface area contributed by atoms with Crippen LogP contribution in [0.4, 0.5) is 0 Å². The lowest BCUT2D eigenvalue weighted by molar-refractivity contribution is -0.153. The second-order valence-corrected chi connectivity index (χ2v) is 4.83. The molecule has 1 heterocycles. The van der Waals surface area contributed by atoms with Gasteiger partial charge in [-0.2, -0.15) is 0 Å². The number of Topliss-reactive ketones (excluding diaryl/α,β-unsaturated/α-hetero) is 1. The number of hydrogen-bond donors (Lipinski definition) is 0. The smallest absolute Gasteiger partial charge is 0.201 e. The maximum Gasteiger partial charge on any atom is 0.201 e. The Morgan fingerprint density at radius 3 is 2.50 bits per heavy atom. The summed E-state index contributed by atoms with van der Waals surface area (Å²) in [6, 6.07) is 0. The van der Waals surface area contributed by atoms with Gasteiger partial charge in [-0.1, -0.05) is 6.92 Å². The number of fused-ring (bicyclic) bond motifs is 1. The predicted molar refractivity (Wildman–Crippen MR) is 55.1 cm³/mol.